The van der Waals surface area contributed by atoms with E-state index in [2.05, 4.69) is 6.92 Å². The molecule has 0 aliphatic heterocycles. The molecular formula is C16H25NO2. The van der Waals surface area contributed by atoms with Crippen LogP contribution in [0.2, 0.25) is 0 Å². The number of nitrogens with two attached hydrogens (primary N) is 1. The lowest BCUT2D eigenvalue weighted by Gasteiger charge is -2.42. The molecule has 1 aromatic rings. The molecule has 0 radical (unpaired) electrons. The Morgan fingerprint density at radius 3 is 2.68 bits per heavy atom. The maximum absolute atomic E-state index is 6.80. The van der Waals surface area contributed by atoms with E-state index in [0.717, 1.165) is 29.9 Å². The van der Waals surface area contributed by atoms with Crippen molar-refractivity contribution in [2.75, 3.05) is 14.2 Å². The van der Waals surface area contributed by atoms with E-state index < -0.39 is 0 Å². The van der Waals surface area contributed by atoms with Crippen LogP contribution in [0.5, 0.6) is 11.5 Å². The summed E-state index contributed by atoms with van der Waals surface area (Å²) in [5, 5.41) is 0. The van der Waals surface area contributed by atoms with Gasteiger partial charge in [-0.05, 0) is 37.0 Å². The van der Waals surface area contributed by atoms with Crippen molar-refractivity contribution >= 4 is 0 Å². The SMILES string of the molecule is CCC1CCCCC1(N)c1cc(OC)ccc1OC. The van der Waals surface area contributed by atoms with Crippen molar-refractivity contribution in [3.8, 4) is 11.5 Å². The highest BCUT2D eigenvalue weighted by Crippen LogP contribution is 2.45. The summed E-state index contributed by atoms with van der Waals surface area (Å²) in [6, 6.07) is 5.94. The summed E-state index contributed by atoms with van der Waals surface area (Å²) in [7, 11) is 3.39. The Morgan fingerprint density at radius 1 is 1.26 bits per heavy atom. The molecule has 0 spiro atoms. The average molecular weight is 263 g/mol. The van der Waals surface area contributed by atoms with E-state index in [1.165, 1.54) is 19.3 Å². The fourth-order valence-electron chi connectivity index (χ4n) is 3.37. The van der Waals surface area contributed by atoms with Crippen molar-refractivity contribution in [2.45, 2.75) is 44.6 Å². The van der Waals surface area contributed by atoms with E-state index in [4.69, 9.17) is 15.2 Å². The number of hydrogen-bond acceptors (Lipinski definition) is 3. The summed E-state index contributed by atoms with van der Waals surface area (Å²) in [5.74, 6) is 2.24. The summed E-state index contributed by atoms with van der Waals surface area (Å²) >= 11 is 0. The van der Waals surface area contributed by atoms with E-state index in [9.17, 15) is 0 Å². The third-order valence-corrected chi connectivity index (χ3v) is 4.52. The molecule has 1 aromatic carbocycles. The molecule has 1 aliphatic carbocycles. The summed E-state index contributed by atoms with van der Waals surface area (Å²) in [5.41, 5.74) is 7.61. The predicted molar refractivity (Wildman–Crippen MR) is 77.7 cm³/mol. The molecule has 2 rings (SSSR count). The standard InChI is InChI=1S/C16H25NO2/c1-4-12-7-5-6-10-16(12,17)14-11-13(18-2)8-9-15(14)19-3/h8-9,11-12H,4-7,10,17H2,1-3H3. The van der Waals surface area contributed by atoms with E-state index in [0.29, 0.717) is 5.92 Å². The lowest BCUT2D eigenvalue weighted by molar-refractivity contribution is 0.179. The van der Waals surface area contributed by atoms with Crippen molar-refractivity contribution in [3.05, 3.63) is 23.8 Å². The summed E-state index contributed by atoms with van der Waals surface area (Å²) < 4.78 is 10.9. The number of methoxy groups -OCH3 is 2. The molecule has 0 saturated heterocycles. The van der Waals surface area contributed by atoms with Gasteiger partial charge in [-0.25, -0.2) is 0 Å². The molecule has 106 valence electrons. The van der Waals surface area contributed by atoms with Crippen LogP contribution in [0.1, 0.15) is 44.6 Å². The Kier molecular flexibility index (Phi) is 4.35. The normalized spacial score (nSPS) is 27.1. The molecule has 1 saturated carbocycles. The van der Waals surface area contributed by atoms with Crippen LogP contribution in [-0.2, 0) is 5.54 Å². The van der Waals surface area contributed by atoms with Gasteiger partial charge in [-0.15, -0.1) is 0 Å². The Bertz CT molecular complexity index is 433. The zero-order valence-corrected chi connectivity index (χ0v) is 12.2. The lowest BCUT2D eigenvalue weighted by atomic mass is 9.68. The zero-order valence-electron chi connectivity index (χ0n) is 12.2. The summed E-state index contributed by atoms with van der Waals surface area (Å²) in [6.07, 6.45) is 5.80. The highest BCUT2D eigenvalue weighted by atomic mass is 16.5. The molecule has 1 aliphatic rings. The largest absolute Gasteiger partial charge is 0.497 e. The topological polar surface area (TPSA) is 44.5 Å². The Labute approximate surface area is 116 Å². The summed E-state index contributed by atoms with van der Waals surface area (Å²) in [4.78, 5) is 0. The van der Waals surface area contributed by atoms with E-state index in [1.807, 2.05) is 18.2 Å². The quantitative estimate of drug-likeness (QED) is 0.904. The number of ether oxygens (including phenoxy) is 2. The second-order valence-corrected chi connectivity index (χ2v) is 5.46. The average Bonchev–Trinajstić information content (AvgIpc) is 2.47. The van der Waals surface area contributed by atoms with Gasteiger partial charge in [0.05, 0.1) is 14.2 Å². The first-order chi connectivity index (χ1) is 9.15. The van der Waals surface area contributed by atoms with Gasteiger partial charge in [0.25, 0.3) is 0 Å². The molecule has 0 bridgehead atoms. The highest BCUT2D eigenvalue weighted by Gasteiger charge is 2.39. The van der Waals surface area contributed by atoms with Gasteiger partial charge in [0.15, 0.2) is 0 Å². The highest BCUT2D eigenvalue weighted by molar-refractivity contribution is 5.45. The van der Waals surface area contributed by atoms with E-state index in [-0.39, 0.29) is 5.54 Å². The van der Waals surface area contributed by atoms with Crippen LogP contribution < -0.4 is 15.2 Å². The molecular weight excluding hydrogens is 238 g/mol. The van der Waals surface area contributed by atoms with Crippen LogP contribution >= 0.6 is 0 Å². The van der Waals surface area contributed by atoms with E-state index in [1.54, 1.807) is 14.2 Å². The minimum Gasteiger partial charge on any atom is -0.497 e. The molecule has 0 heterocycles. The smallest absolute Gasteiger partial charge is 0.124 e. The first-order valence-electron chi connectivity index (χ1n) is 7.17. The van der Waals surface area contributed by atoms with Gasteiger partial charge in [-0.3, -0.25) is 0 Å². The molecule has 2 atom stereocenters. The van der Waals surface area contributed by atoms with Crippen LogP contribution in [0.15, 0.2) is 18.2 Å². The van der Waals surface area contributed by atoms with Crippen LogP contribution in [-0.4, -0.2) is 14.2 Å². The van der Waals surface area contributed by atoms with Gasteiger partial charge in [0.2, 0.25) is 0 Å². The van der Waals surface area contributed by atoms with Gasteiger partial charge in [0, 0.05) is 11.1 Å². The number of rotatable bonds is 4. The monoisotopic (exact) mass is 263 g/mol. The first-order valence-corrected chi connectivity index (χ1v) is 7.17. The Balaban J connectivity index is 2.47. The van der Waals surface area contributed by atoms with E-state index >= 15 is 0 Å². The van der Waals surface area contributed by atoms with Crippen molar-refractivity contribution in [1.29, 1.82) is 0 Å². The van der Waals surface area contributed by atoms with Crippen LogP contribution in [0.3, 0.4) is 0 Å². The maximum Gasteiger partial charge on any atom is 0.124 e. The minimum atomic E-state index is -0.285. The van der Waals surface area contributed by atoms with Crippen LogP contribution in [0.4, 0.5) is 0 Å². The van der Waals surface area contributed by atoms with Crippen LogP contribution in [0, 0.1) is 5.92 Å². The van der Waals surface area contributed by atoms with Gasteiger partial charge >= 0.3 is 0 Å². The van der Waals surface area contributed by atoms with Crippen molar-refractivity contribution < 1.29 is 9.47 Å². The number of hydrogen-bond donors (Lipinski definition) is 1. The fraction of sp³-hybridized carbons (Fsp3) is 0.625. The molecule has 0 aromatic heterocycles. The Hall–Kier alpha value is -1.22. The predicted octanol–water partition coefficient (Wildman–Crippen LogP) is 3.46. The maximum atomic E-state index is 6.80. The Morgan fingerprint density at radius 2 is 2.05 bits per heavy atom. The molecule has 1 fully saturated rings. The molecule has 2 unspecified atom stereocenters. The zero-order chi connectivity index (χ0) is 13.9. The second-order valence-electron chi connectivity index (χ2n) is 5.46. The third kappa shape index (κ3) is 2.57. The van der Waals surface area contributed by atoms with Crippen molar-refractivity contribution in [2.24, 2.45) is 11.7 Å². The minimum absolute atomic E-state index is 0.285. The van der Waals surface area contributed by atoms with Gasteiger partial charge in [-0.2, -0.15) is 0 Å². The van der Waals surface area contributed by atoms with Gasteiger partial charge in [-0.1, -0.05) is 26.2 Å². The van der Waals surface area contributed by atoms with Crippen molar-refractivity contribution in [1.82, 2.24) is 0 Å². The molecule has 0 amide bonds. The van der Waals surface area contributed by atoms with Crippen LogP contribution in [0.25, 0.3) is 0 Å². The fourth-order valence-corrected chi connectivity index (χ4v) is 3.37. The molecule has 2 N–H and O–H groups in total. The van der Waals surface area contributed by atoms with Crippen molar-refractivity contribution in [3.63, 3.8) is 0 Å². The lowest BCUT2D eigenvalue weighted by Crippen LogP contribution is -2.46. The first kappa shape index (κ1) is 14.2. The molecule has 3 heteroatoms. The van der Waals surface area contributed by atoms with Gasteiger partial charge < -0.3 is 15.2 Å². The summed E-state index contributed by atoms with van der Waals surface area (Å²) in [6.45, 7) is 2.23. The molecule has 19 heavy (non-hydrogen) atoms. The third-order valence-electron chi connectivity index (χ3n) is 4.52. The second kappa shape index (κ2) is 5.83. The van der Waals surface area contributed by atoms with Gasteiger partial charge in [0.1, 0.15) is 11.5 Å². The number of benzene rings is 1. The molecule has 3 nitrogen and oxygen atoms in total.